The van der Waals surface area contributed by atoms with Crippen molar-refractivity contribution in [3.8, 4) is 5.75 Å². The van der Waals surface area contributed by atoms with Crippen molar-refractivity contribution in [1.82, 2.24) is 0 Å². The van der Waals surface area contributed by atoms with Gasteiger partial charge in [-0.15, -0.1) is 11.3 Å². The fourth-order valence-corrected chi connectivity index (χ4v) is 5.07. The van der Waals surface area contributed by atoms with Crippen LogP contribution in [0.2, 0.25) is 5.02 Å². The van der Waals surface area contributed by atoms with Crippen LogP contribution in [0.1, 0.15) is 15.3 Å². The first-order valence-corrected chi connectivity index (χ1v) is 9.16. The molecule has 0 amide bonds. The SMILES string of the molecule is COc1c(Br)cc(Cl)cc1C(Br)c1cc2ccccc2s1. The Hall–Kier alpha value is -0.550. The molecule has 0 saturated heterocycles. The molecule has 0 spiro atoms. The van der Waals surface area contributed by atoms with Gasteiger partial charge in [-0.3, -0.25) is 0 Å². The summed E-state index contributed by atoms with van der Waals surface area (Å²) < 4.78 is 7.65. The second-order valence-corrected chi connectivity index (χ2v) is 7.88. The van der Waals surface area contributed by atoms with Crippen LogP contribution in [0.25, 0.3) is 10.1 Å². The molecule has 0 aliphatic rings. The van der Waals surface area contributed by atoms with Crippen molar-refractivity contribution in [2.24, 2.45) is 0 Å². The monoisotopic (exact) mass is 444 g/mol. The first-order chi connectivity index (χ1) is 10.1. The van der Waals surface area contributed by atoms with Crippen molar-refractivity contribution < 1.29 is 4.74 Å². The summed E-state index contributed by atoms with van der Waals surface area (Å²) in [5.74, 6) is 0.804. The van der Waals surface area contributed by atoms with Crippen LogP contribution in [0.3, 0.4) is 0 Å². The van der Waals surface area contributed by atoms with Crippen LogP contribution >= 0.6 is 54.8 Å². The molecule has 0 radical (unpaired) electrons. The first-order valence-electron chi connectivity index (χ1n) is 6.25. The zero-order valence-corrected chi connectivity index (χ0v) is 15.8. The highest BCUT2D eigenvalue weighted by Crippen LogP contribution is 2.45. The van der Waals surface area contributed by atoms with E-state index in [2.05, 4.69) is 62.2 Å². The highest BCUT2D eigenvalue weighted by Gasteiger charge is 2.20. The molecule has 0 bridgehead atoms. The van der Waals surface area contributed by atoms with Gasteiger partial charge in [-0.05, 0) is 45.6 Å². The van der Waals surface area contributed by atoms with E-state index < -0.39 is 0 Å². The Kier molecular flexibility index (Phi) is 4.60. The van der Waals surface area contributed by atoms with E-state index in [1.807, 2.05) is 12.1 Å². The number of halogens is 3. The van der Waals surface area contributed by atoms with Gasteiger partial charge >= 0.3 is 0 Å². The Morgan fingerprint density at radius 2 is 1.95 bits per heavy atom. The van der Waals surface area contributed by atoms with Crippen molar-refractivity contribution in [1.29, 1.82) is 0 Å². The topological polar surface area (TPSA) is 9.23 Å². The molecule has 1 atom stereocenters. The summed E-state index contributed by atoms with van der Waals surface area (Å²) in [4.78, 5) is 1.27. The Bertz CT molecular complexity index is 767. The van der Waals surface area contributed by atoms with Gasteiger partial charge in [-0.1, -0.05) is 45.7 Å². The van der Waals surface area contributed by atoms with E-state index in [0.29, 0.717) is 5.02 Å². The maximum atomic E-state index is 6.19. The second kappa shape index (κ2) is 6.29. The summed E-state index contributed by atoms with van der Waals surface area (Å²) in [6, 6.07) is 14.4. The molecule has 1 nitrogen and oxygen atoms in total. The van der Waals surface area contributed by atoms with Gasteiger partial charge in [0.05, 0.1) is 16.4 Å². The number of fused-ring (bicyclic) bond motifs is 1. The van der Waals surface area contributed by atoms with E-state index in [-0.39, 0.29) is 4.83 Å². The van der Waals surface area contributed by atoms with Gasteiger partial charge in [-0.25, -0.2) is 0 Å². The van der Waals surface area contributed by atoms with Crippen LogP contribution < -0.4 is 4.74 Å². The Labute approximate surface area is 149 Å². The predicted molar refractivity (Wildman–Crippen MR) is 98.3 cm³/mol. The molecule has 0 aliphatic heterocycles. The number of alkyl halides is 1. The van der Waals surface area contributed by atoms with Crippen LogP contribution in [-0.4, -0.2) is 7.11 Å². The maximum Gasteiger partial charge on any atom is 0.137 e. The van der Waals surface area contributed by atoms with Gasteiger partial charge in [0.1, 0.15) is 5.75 Å². The number of hydrogen-bond acceptors (Lipinski definition) is 2. The summed E-state index contributed by atoms with van der Waals surface area (Å²) in [6.07, 6.45) is 0. The molecule has 5 heteroatoms. The Morgan fingerprint density at radius 1 is 1.19 bits per heavy atom. The third kappa shape index (κ3) is 3.00. The predicted octanol–water partition coefficient (Wildman–Crippen LogP) is 6.81. The van der Waals surface area contributed by atoms with E-state index in [1.54, 1.807) is 18.4 Å². The number of thiophene rings is 1. The molecule has 2 aromatic carbocycles. The molecule has 3 rings (SSSR count). The van der Waals surface area contributed by atoms with Gasteiger partial charge in [0.15, 0.2) is 0 Å². The number of benzene rings is 2. The lowest BCUT2D eigenvalue weighted by Crippen LogP contribution is -1.96. The smallest absolute Gasteiger partial charge is 0.137 e. The van der Waals surface area contributed by atoms with Crippen LogP contribution in [0, 0.1) is 0 Å². The van der Waals surface area contributed by atoms with Gasteiger partial charge in [0.2, 0.25) is 0 Å². The summed E-state index contributed by atoms with van der Waals surface area (Å²) in [5, 5.41) is 1.94. The molecule has 1 aromatic heterocycles. The fourth-order valence-electron chi connectivity index (χ4n) is 2.26. The van der Waals surface area contributed by atoms with Crippen LogP contribution in [-0.2, 0) is 0 Å². The minimum absolute atomic E-state index is 0.0415. The minimum atomic E-state index is 0.0415. The maximum absolute atomic E-state index is 6.19. The van der Waals surface area contributed by atoms with E-state index >= 15 is 0 Å². The molecule has 0 fully saturated rings. The number of ether oxygens (including phenoxy) is 1. The molecule has 108 valence electrons. The highest BCUT2D eigenvalue weighted by molar-refractivity contribution is 9.10. The second-order valence-electron chi connectivity index (χ2n) is 4.56. The van der Waals surface area contributed by atoms with Gasteiger partial charge in [0, 0.05) is 20.2 Å². The normalized spacial score (nSPS) is 12.6. The van der Waals surface area contributed by atoms with E-state index in [4.69, 9.17) is 16.3 Å². The molecule has 1 unspecified atom stereocenters. The number of methoxy groups -OCH3 is 1. The van der Waals surface area contributed by atoms with Crippen molar-refractivity contribution in [2.75, 3.05) is 7.11 Å². The fraction of sp³-hybridized carbons (Fsp3) is 0.125. The summed E-state index contributed by atoms with van der Waals surface area (Å²) >= 11 is 15.2. The largest absolute Gasteiger partial charge is 0.495 e. The van der Waals surface area contributed by atoms with E-state index in [9.17, 15) is 0 Å². The Balaban J connectivity index is 2.11. The third-order valence-corrected chi connectivity index (χ3v) is 6.49. The molecular formula is C16H11Br2ClOS. The standard InChI is InChI=1S/C16H11Br2ClOS/c1-20-16-11(7-10(19)8-12(16)17)15(18)14-6-9-4-2-3-5-13(9)21-14/h2-8,15H,1H3. The number of hydrogen-bond donors (Lipinski definition) is 0. The quantitative estimate of drug-likeness (QED) is 0.402. The molecule has 0 N–H and O–H groups in total. The zero-order chi connectivity index (χ0) is 15.0. The van der Waals surface area contributed by atoms with Crippen LogP contribution in [0.4, 0.5) is 0 Å². The van der Waals surface area contributed by atoms with Gasteiger partial charge in [-0.2, -0.15) is 0 Å². The number of rotatable bonds is 3. The molecule has 1 heterocycles. The molecule has 3 aromatic rings. The molecular weight excluding hydrogens is 436 g/mol. The van der Waals surface area contributed by atoms with Crippen molar-refractivity contribution in [3.05, 3.63) is 62.4 Å². The van der Waals surface area contributed by atoms with Crippen LogP contribution in [0.15, 0.2) is 46.9 Å². The average molecular weight is 447 g/mol. The van der Waals surface area contributed by atoms with Gasteiger partial charge < -0.3 is 4.74 Å². The van der Waals surface area contributed by atoms with Crippen molar-refractivity contribution >= 4 is 64.9 Å². The molecule has 0 aliphatic carbocycles. The van der Waals surface area contributed by atoms with Crippen molar-refractivity contribution in [2.45, 2.75) is 4.83 Å². The lowest BCUT2D eigenvalue weighted by atomic mass is 10.1. The Morgan fingerprint density at radius 3 is 2.67 bits per heavy atom. The first kappa shape index (κ1) is 15.3. The average Bonchev–Trinajstić information content (AvgIpc) is 2.89. The van der Waals surface area contributed by atoms with E-state index in [0.717, 1.165) is 15.8 Å². The van der Waals surface area contributed by atoms with Gasteiger partial charge in [0.25, 0.3) is 0 Å². The molecule has 0 saturated carbocycles. The minimum Gasteiger partial charge on any atom is -0.495 e. The summed E-state index contributed by atoms with van der Waals surface area (Å²) in [5.41, 5.74) is 1.02. The van der Waals surface area contributed by atoms with Crippen molar-refractivity contribution in [3.63, 3.8) is 0 Å². The van der Waals surface area contributed by atoms with Crippen LogP contribution in [0.5, 0.6) is 5.75 Å². The third-order valence-electron chi connectivity index (χ3n) is 3.21. The lowest BCUT2D eigenvalue weighted by Gasteiger charge is -2.15. The summed E-state index contributed by atoms with van der Waals surface area (Å²) in [7, 11) is 1.67. The lowest BCUT2D eigenvalue weighted by molar-refractivity contribution is 0.408. The summed E-state index contributed by atoms with van der Waals surface area (Å²) in [6.45, 7) is 0. The van der Waals surface area contributed by atoms with E-state index in [1.165, 1.54) is 15.0 Å². The zero-order valence-electron chi connectivity index (χ0n) is 11.1. The molecule has 21 heavy (non-hydrogen) atoms. The highest BCUT2D eigenvalue weighted by atomic mass is 79.9.